The number of carboxylic acids is 1. The molecule has 1 heterocycles. The summed E-state index contributed by atoms with van der Waals surface area (Å²) in [4.78, 5) is 37.9. The van der Waals surface area contributed by atoms with Gasteiger partial charge < -0.3 is 20.6 Å². The number of urea groups is 1. The first-order chi connectivity index (χ1) is 12.8. The summed E-state index contributed by atoms with van der Waals surface area (Å²) in [5.74, 6) is -1.95. The molecule has 0 aromatic heterocycles. The van der Waals surface area contributed by atoms with Gasteiger partial charge >= 0.3 is 12.0 Å². The van der Waals surface area contributed by atoms with Crippen molar-refractivity contribution in [1.82, 2.24) is 15.5 Å². The minimum Gasteiger partial charge on any atom is -0.481 e. The summed E-state index contributed by atoms with van der Waals surface area (Å²) in [6.45, 7) is 6.26. The van der Waals surface area contributed by atoms with Crippen molar-refractivity contribution in [3.8, 4) is 0 Å². The van der Waals surface area contributed by atoms with Gasteiger partial charge in [0.1, 0.15) is 6.04 Å². The van der Waals surface area contributed by atoms with E-state index < -0.39 is 17.9 Å². The van der Waals surface area contributed by atoms with E-state index >= 15 is 0 Å². The molecule has 1 unspecified atom stereocenters. The first-order valence-electron chi connectivity index (χ1n) is 9.41. The largest absolute Gasteiger partial charge is 0.481 e. The lowest BCUT2D eigenvalue weighted by molar-refractivity contribution is -0.141. The average molecular weight is 375 g/mol. The fourth-order valence-electron chi connectivity index (χ4n) is 3.32. The van der Waals surface area contributed by atoms with Crippen molar-refractivity contribution < 1.29 is 19.5 Å². The Labute approximate surface area is 160 Å². The van der Waals surface area contributed by atoms with E-state index in [1.807, 2.05) is 45.0 Å². The van der Waals surface area contributed by atoms with Gasteiger partial charge in [0.2, 0.25) is 5.91 Å². The predicted octanol–water partition coefficient (Wildman–Crippen LogP) is 1.94. The van der Waals surface area contributed by atoms with Crippen LogP contribution in [-0.4, -0.2) is 53.1 Å². The van der Waals surface area contributed by atoms with Crippen molar-refractivity contribution in [2.45, 2.75) is 52.1 Å². The van der Waals surface area contributed by atoms with E-state index in [2.05, 4.69) is 10.6 Å². The number of nitrogens with one attached hydrogen (secondary N) is 2. The molecular weight excluding hydrogens is 346 g/mol. The highest BCUT2D eigenvalue weighted by molar-refractivity contribution is 5.88. The number of hydrogen-bond donors (Lipinski definition) is 3. The van der Waals surface area contributed by atoms with Gasteiger partial charge in [0.25, 0.3) is 0 Å². The van der Waals surface area contributed by atoms with Gasteiger partial charge in [0.15, 0.2) is 0 Å². The van der Waals surface area contributed by atoms with Crippen LogP contribution >= 0.6 is 0 Å². The van der Waals surface area contributed by atoms with Gasteiger partial charge in [-0.15, -0.1) is 0 Å². The first kappa shape index (κ1) is 20.7. The molecule has 0 radical (unpaired) electrons. The van der Waals surface area contributed by atoms with E-state index in [0.29, 0.717) is 19.4 Å². The molecule has 1 aromatic rings. The van der Waals surface area contributed by atoms with Gasteiger partial charge in [-0.25, -0.2) is 4.79 Å². The Morgan fingerprint density at radius 3 is 2.67 bits per heavy atom. The second kappa shape index (κ2) is 9.39. The van der Waals surface area contributed by atoms with Crippen molar-refractivity contribution in [2.75, 3.05) is 13.1 Å². The summed E-state index contributed by atoms with van der Waals surface area (Å²) in [7, 11) is 0. The van der Waals surface area contributed by atoms with Crippen molar-refractivity contribution >= 4 is 17.9 Å². The highest BCUT2D eigenvalue weighted by atomic mass is 16.4. The zero-order chi connectivity index (χ0) is 20.0. The van der Waals surface area contributed by atoms with Crippen molar-refractivity contribution in [1.29, 1.82) is 0 Å². The summed E-state index contributed by atoms with van der Waals surface area (Å²) in [6.07, 6.45) is 1.70. The molecule has 0 spiro atoms. The lowest BCUT2D eigenvalue weighted by Crippen LogP contribution is -2.51. The van der Waals surface area contributed by atoms with E-state index in [4.69, 9.17) is 0 Å². The Balaban J connectivity index is 1.94. The molecule has 0 saturated carbocycles. The molecule has 2 rings (SSSR count). The molecule has 7 nitrogen and oxygen atoms in total. The highest BCUT2D eigenvalue weighted by Crippen LogP contribution is 2.18. The quantitative estimate of drug-likeness (QED) is 0.678. The van der Waals surface area contributed by atoms with Crippen LogP contribution < -0.4 is 10.6 Å². The fraction of sp³-hybridized carbons (Fsp3) is 0.550. The van der Waals surface area contributed by atoms with E-state index in [1.54, 1.807) is 0 Å². The summed E-state index contributed by atoms with van der Waals surface area (Å²) in [5.41, 5.74) is 1.99. The van der Waals surface area contributed by atoms with Crippen molar-refractivity contribution in [3.05, 3.63) is 35.4 Å². The van der Waals surface area contributed by atoms with Crippen LogP contribution in [-0.2, 0) is 16.0 Å². The monoisotopic (exact) mass is 375 g/mol. The molecule has 3 N–H and O–H groups in total. The van der Waals surface area contributed by atoms with Crippen LogP contribution in [0.3, 0.4) is 0 Å². The van der Waals surface area contributed by atoms with Crippen LogP contribution in [0, 0.1) is 12.8 Å². The topological polar surface area (TPSA) is 98.7 Å². The summed E-state index contributed by atoms with van der Waals surface area (Å²) < 4.78 is 0. The molecule has 2 atom stereocenters. The van der Waals surface area contributed by atoms with Crippen LogP contribution in [0.5, 0.6) is 0 Å². The van der Waals surface area contributed by atoms with Crippen LogP contribution in [0.15, 0.2) is 24.3 Å². The van der Waals surface area contributed by atoms with E-state index in [0.717, 1.165) is 17.5 Å². The molecule has 1 saturated heterocycles. The molecule has 0 bridgehead atoms. The van der Waals surface area contributed by atoms with E-state index in [9.17, 15) is 19.5 Å². The van der Waals surface area contributed by atoms with Crippen LogP contribution in [0.1, 0.15) is 37.8 Å². The smallest absolute Gasteiger partial charge is 0.318 e. The summed E-state index contributed by atoms with van der Waals surface area (Å²) in [5, 5.41) is 15.0. The van der Waals surface area contributed by atoms with Gasteiger partial charge in [-0.2, -0.15) is 0 Å². The standard InChI is InChI=1S/C20H29N3O4/c1-13(2)22-20(27)23-9-5-8-17(23)18(24)21-12-16(19(25)26)11-15-7-4-6-14(3)10-15/h4,6-7,10,13,16-17H,5,8-9,11-12H2,1-3H3,(H,21,24)(H,22,27)(H,25,26)/t16?,17-/m0/s1. The SMILES string of the molecule is Cc1cccc(CC(CNC(=O)[C@@H]2CCCN2C(=O)NC(C)C)C(=O)O)c1. The Morgan fingerprint density at radius 1 is 1.30 bits per heavy atom. The van der Waals surface area contributed by atoms with Gasteiger partial charge in [-0.05, 0) is 45.6 Å². The molecule has 1 fully saturated rings. The molecule has 3 amide bonds. The number of likely N-dealkylation sites (tertiary alicyclic amines) is 1. The molecule has 1 aliphatic rings. The maximum atomic E-state index is 12.6. The van der Waals surface area contributed by atoms with Crippen molar-refractivity contribution in [3.63, 3.8) is 0 Å². The third kappa shape index (κ3) is 5.98. The number of carbonyl (C=O) groups excluding carboxylic acids is 2. The molecule has 27 heavy (non-hydrogen) atoms. The molecule has 148 valence electrons. The van der Waals surface area contributed by atoms with Gasteiger partial charge in [0, 0.05) is 19.1 Å². The van der Waals surface area contributed by atoms with Gasteiger partial charge in [-0.1, -0.05) is 29.8 Å². The van der Waals surface area contributed by atoms with Crippen LogP contribution in [0.4, 0.5) is 4.79 Å². The number of amides is 3. The molecule has 0 aliphatic carbocycles. The third-order valence-corrected chi connectivity index (χ3v) is 4.66. The second-order valence-corrected chi connectivity index (χ2v) is 7.43. The van der Waals surface area contributed by atoms with Gasteiger partial charge in [0.05, 0.1) is 5.92 Å². The number of nitrogens with zero attached hydrogens (tertiary/aromatic N) is 1. The van der Waals surface area contributed by atoms with Crippen LogP contribution in [0.2, 0.25) is 0 Å². The minimum absolute atomic E-state index is 0.00692. The number of hydrogen-bond acceptors (Lipinski definition) is 3. The summed E-state index contributed by atoms with van der Waals surface area (Å²) in [6, 6.07) is 6.89. The number of carbonyl (C=O) groups is 3. The van der Waals surface area contributed by atoms with Crippen LogP contribution in [0.25, 0.3) is 0 Å². The lowest BCUT2D eigenvalue weighted by Gasteiger charge is -2.25. The average Bonchev–Trinajstić information content (AvgIpc) is 3.07. The Bertz CT molecular complexity index is 690. The fourth-order valence-corrected chi connectivity index (χ4v) is 3.32. The van der Waals surface area contributed by atoms with Crippen molar-refractivity contribution in [2.24, 2.45) is 5.92 Å². The van der Waals surface area contributed by atoms with Gasteiger partial charge in [-0.3, -0.25) is 9.59 Å². The van der Waals surface area contributed by atoms with E-state index in [-0.39, 0.29) is 24.5 Å². The number of aryl methyl sites for hydroxylation is 1. The maximum Gasteiger partial charge on any atom is 0.318 e. The summed E-state index contributed by atoms with van der Waals surface area (Å²) >= 11 is 0. The number of benzene rings is 1. The second-order valence-electron chi connectivity index (χ2n) is 7.43. The maximum absolute atomic E-state index is 12.6. The zero-order valence-corrected chi connectivity index (χ0v) is 16.2. The first-order valence-corrected chi connectivity index (χ1v) is 9.41. The molecule has 7 heteroatoms. The minimum atomic E-state index is -0.947. The number of aliphatic carboxylic acids is 1. The molecule has 1 aliphatic heterocycles. The zero-order valence-electron chi connectivity index (χ0n) is 16.2. The normalized spacial score (nSPS) is 17.6. The number of rotatable bonds is 7. The molecule has 1 aromatic carbocycles. The Morgan fingerprint density at radius 2 is 2.04 bits per heavy atom. The lowest BCUT2D eigenvalue weighted by atomic mass is 9.98. The Kier molecular flexibility index (Phi) is 7.21. The third-order valence-electron chi connectivity index (χ3n) is 4.66. The predicted molar refractivity (Wildman–Crippen MR) is 102 cm³/mol. The number of carboxylic acid groups (broad SMARTS) is 1. The van der Waals surface area contributed by atoms with E-state index in [1.165, 1.54) is 4.90 Å². The Hall–Kier alpha value is -2.57. The highest BCUT2D eigenvalue weighted by Gasteiger charge is 2.34. The molecular formula is C20H29N3O4.